The lowest BCUT2D eigenvalue weighted by Gasteiger charge is -2.20. The van der Waals surface area contributed by atoms with E-state index in [4.69, 9.17) is 9.05 Å². The number of hydrogen-bond acceptors (Lipinski definition) is 2. The van der Waals surface area contributed by atoms with Crippen LogP contribution in [0.2, 0.25) is 0 Å². The maximum absolute atomic E-state index is 6.46. The lowest BCUT2D eigenvalue weighted by atomic mass is 9.95. The van der Waals surface area contributed by atoms with E-state index in [9.17, 15) is 0 Å². The molecular formula is C36H51O2P. The van der Waals surface area contributed by atoms with Gasteiger partial charge in [0, 0.05) is 0 Å². The van der Waals surface area contributed by atoms with Crippen molar-refractivity contribution in [2.75, 3.05) is 0 Å². The van der Waals surface area contributed by atoms with Gasteiger partial charge in [-0.15, -0.1) is 0 Å². The normalized spacial score (nSPS) is 13.5. The first-order valence-electron chi connectivity index (χ1n) is 15.5. The Morgan fingerprint density at radius 2 is 0.974 bits per heavy atom. The van der Waals surface area contributed by atoms with Gasteiger partial charge in [0.05, 0.1) is 5.30 Å². The Balaban J connectivity index is 1.57. The van der Waals surface area contributed by atoms with Crippen molar-refractivity contribution in [2.45, 2.75) is 105 Å². The van der Waals surface area contributed by atoms with Crippen LogP contribution >= 0.6 is 8.38 Å². The van der Waals surface area contributed by atoms with Crippen molar-refractivity contribution in [3.63, 3.8) is 0 Å². The van der Waals surface area contributed by atoms with Crippen molar-refractivity contribution in [3.8, 4) is 11.5 Å². The average Bonchev–Trinajstić information content (AvgIpc) is 2.95. The van der Waals surface area contributed by atoms with Crippen LogP contribution in [0.1, 0.15) is 103 Å². The summed E-state index contributed by atoms with van der Waals surface area (Å²) in [5, 5.41) is 1.07. The molecule has 3 heteroatoms. The van der Waals surface area contributed by atoms with Crippen LogP contribution in [0.3, 0.4) is 0 Å². The van der Waals surface area contributed by atoms with Gasteiger partial charge in [-0.2, -0.15) is 0 Å². The van der Waals surface area contributed by atoms with Gasteiger partial charge in [0.1, 0.15) is 11.5 Å². The molecular weight excluding hydrogens is 495 g/mol. The third kappa shape index (κ3) is 12.2. The zero-order chi connectivity index (χ0) is 27.7. The molecule has 2 unspecified atom stereocenters. The zero-order valence-corrected chi connectivity index (χ0v) is 25.8. The second-order valence-electron chi connectivity index (χ2n) is 11.4. The molecule has 0 saturated carbocycles. The Morgan fingerprint density at radius 3 is 1.38 bits per heavy atom. The summed E-state index contributed by atoms with van der Waals surface area (Å²) in [6.07, 6.45) is 15.6. The van der Waals surface area contributed by atoms with Crippen LogP contribution in [0.4, 0.5) is 0 Å². The third-order valence-corrected chi connectivity index (χ3v) is 8.93. The fraction of sp³-hybridized carbons (Fsp3) is 0.500. The molecule has 2 nitrogen and oxygen atoms in total. The van der Waals surface area contributed by atoms with Crippen molar-refractivity contribution in [3.05, 3.63) is 90.0 Å². The van der Waals surface area contributed by atoms with E-state index in [1.807, 2.05) is 18.2 Å². The molecule has 0 N–H and O–H groups in total. The van der Waals surface area contributed by atoms with E-state index >= 15 is 0 Å². The fourth-order valence-electron chi connectivity index (χ4n) is 5.09. The van der Waals surface area contributed by atoms with Crippen molar-refractivity contribution < 1.29 is 9.05 Å². The van der Waals surface area contributed by atoms with Gasteiger partial charge in [-0.1, -0.05) is 134 Å². The van der Waals surface area contributed by atoms with E-state index in [0.29, 0.717) is 11.8 Å². The summed E-state index contributed by atoms with van der Waals surface area (Å²) in [7, 11) is -1.28. The number of benzene rings is 3. The molecule has 39 heavy (non-hydrogen) atoms. The minimum absolute atomic E-state index is 0.713. The smallest absolute Gasteiger partial charge is 0.326 e. The second-order valence-corrected chi connectivity index (χ2v) is 12.8. The molecule has 0 amide bonds. The lowest BCUT2D eigenvalue weighted by Crippen LogP contribution is -2.09. The minimum atomic E-state index is -1.28. The van der Waals surface area contributed by atoms with Gasteiger partial charge in [-0.3, -0.25) is 0 Å². The average molecular weight is 547 g/mol. The van der Waals surface area contributed by atoms with E-state index in [0.717, 1.165) is 29.6 Å². The molecule has 0 spiro atoms. The van der Waals surface area contributed by atoms with Crippen molar-refractivity contribution in [1.29, 1.82) is 0 Å². The Bertz CT molecular complexity index is 951. The van der Waals surface area contributed by atoms with Crippen LogP contribution in [0.25, 0.3) is 0 Å². The predicted octanol–water partition coefficient (Wildman–Crippen LogP) is 11.1. The van der Waals surface area contributed by atoms with Crippen LogP contribution < -0.4 is 14.4 Å². The molecule has 0 heterocycles. The highest BCUT2D eigenvalue weighted by Crippen LogP contribution is 2.40. The van der Waals surface area contributed by atoms with E-state index < -0.39 is 8.38 Å². The van der Waals surface area contributed by atoms with Crippen LogP contribution in [0.5, 0.6) is 11.5 Å². The molecule has 0 aromatic heterocycles. The summed E-state index contributed by atoms with van der Waals surface area (Å²) in [5.74, 6) is 3.14. The highest BCUT2D eigenvalue weighted by molar-refractivity contribution is 7.56. The molecule has 0 bridgehead atoms. The molecule has 0 aliphatic rings. The quantitative estimate of drug-likeness (QED) is 0.110. The van der Waals surface area contributed by atoms with Crippen molar-refractivity contribution in [2.24, 2.45) is 11.8 Å². The first kappa shape index (κ1) is 31.2. The first-order chi connectivity index (χ1) is 19.1. The Labute approximate surface area is 240 Å². The van der Waals surface area contributed by atoms with E-state index in [-0.39, 0.29) is 0 Å². The molecule has 212 valence electrons. The lowest BCUT2D eigenvalue weighted by molar-refractivity contribution is 0.485. The van der Waals surface area contributed by atoms with Crippen LogP contribution in [0, 0.1) is 11.8 Å². The maximum Gasteiger partial charge on any atom is 0.326 e. The monoisotopic (exact) mass is 546 g/mol. The van der Waals surface area contributed by atoms with Gasteiger partial charge >= 0.3 is 8.38 Å². The summed E-state index contributed by atoms with van der Waals surface area (Å²) in [6, 6.07) is 27.6. The molecule has 2 atom stereocenters. The molecule has 0 radical (unpaired) electrons. The van der Waals surface area contributed by atoms with Crippen LogP contribution in [0.15, 0.2) is 78.9 Å². The minimum Gasteiger partial charge on any atom is -0.435 e. The van der Waals surface area contributed by atoms with Gasteiger partial charge in [0.15, 0.2) is 0 Å². The summed E-state index contributed by atoms with van der Waals surface area (Å²) in [5.41, 5.74) is 2.76. The van der Waals surface area contributed by atoms with Crippen LogP contribution in [-0.2, 0) is 12.8 Å². The van der Waals surface area contributed by atoms with Crippen LogP contribution in [-0.4, -0.2) is 0 Å². The zero-order valence-electron chi connectivity index (χ0n) is 24.9. The summed E-state index contributed by atoms with van der Waals surface area (Å²) in [4.78, 5) is 0. The van der Waals surface area contributed by atoms with Gasteiger partial charge < -0.3 is 9.05 Å². The number of rotatable bonds is 19. The van der Waals surface area contributed by atoms with E-state index in [1.165, 1.54) is 75.3 Å². The van der Waals surface area contributed by atoms with Gasteiger partial charge in [0.2, 0.25) is 0 Å². The topological polar surface area (TPSA) is 18.5 Å². The molecule has 3 aromatic rings. The third-order valence-electron chi connectivity index (χ3n) is 7.46. The maximum atomic E-state index is 6.46. The highest BCUT2D eigenvalue weighted by Gasteiger charge is 2.18. The second kappa shape index (κ2) is 18.1. The Kier molecular flexibility index (Phi) is 14.5. The molecule has 3 rings (SSSR count). The molecule has 3 aromatic carbocycles. The highest BCUT2D eigenvalue weighted by atomic mass is 31.2. The fourth-order valence-corrected chi connectivity index (χ4v) is 6.38. The summed E-state index contributed by atoms with van der Waals surface area (Å²) in [6.45, 7) is 9.29. The standard InChI is InChI=1S/C36H51O2P/c1-5-7-9-12-16-30(3)28-32-20-24-34(25-21-32)37-39(36-18-14-11-15-19-36)38-35-26-22-33(23-27-35)29-31(4)17-13-10-8-6-2/h11,14-15,18-27,30-31H,5-10,12-13,16-17,28-29H2,1-4H3. The van der Waals surface area contributed by atoms with Gasteiger partial charge in [-0.05, 0) is 72.2 Å². The van der Waals surface area contributed by atoms with E-state index in [2.05, 4.69) is 88.4 Å². The van der Waals surface area contributed by atoms with Gasteiger partial charge in [-0.25, -0.2) is 0 Å². The Morgan fingerprint density at radius 1 is 0.538 bits per heavy atom. The van der Waals surface area contributed by atoms with Gasteiger partial charge in [0.25, 0.3) is 0 Å². The predicted molar refractivity (Wildman–Crippen MR) is 170 cm³/mol. The summed E-state index contributed by atoms with van der Waals surface area (Å²) < 4.78 is 12.9. The SMILES string of the molecule is CCCCCCC(C)Cc1ccc(OP(Oc2ccc(CC(C)CCCCCC)cc2)c2ccccc2)cc1. The number of unbranched alkanes of at least 4 members (excludes halogenated alkanes) is 6. The largest absolute Gasteiger partial charge is 0.435 e. The molecule has 0 aliphatic carbocycles. The number of hydrogen-bond donors (Lipinski definition) is 0. The molecule has 0 aliphatic heterocycles. The Hall–Kier alpha value is -2.31. The molecule has 0 fully saturated rings. The first-order valence-corrected chi connectivity index (χ1v) is 16.6. The van der Waals surface area contributed by atoms with Crippen molar-refractivity contribution in [1.82, 2.24) is 0 Å². The van der Waals surface area contributed by atoms with E-state index in [1.54, 1.807) is 0 Å². The van der Waals surface area contributed by atoms with Crippen molar-refractivity contribution >= 4 is 13.7 Å². The summed E-state index contributed by atoms with van der Waals surface area (Å²) >= 11 is 0. The molecule has 0 saturated heterocycles.